The molecule has 1 saturated heterocycles. The molecule has 0 aromatic heterocycles. The van der Waals surface area contributed by atoms with E-state index >= 15 is 0 Å². The Kier molecular flexibility index (Phi) is 2.54. The van der Waals surface area contributed by atoms with Crippen molar-refractivity contribution in [1.29, 1.82) is 0 Å². The minimum absolute atomic E-state index is 0.115. The lowest BCUT2D eigenvalue weighted by Gasteiger charge is -2.11. The second kappa shape index (κ2) is 3.66. The van der Waals surface area contributed by atoms with E-state index in [-0.39, 0.29) is 11.9 Å². The Morgan fingerprint density at radius 1 is 1.46 bits per heavy atom. The highest BCUT2D eigenvalue weighted by atomic mass is 16.2. The zero-order valence-electron chi connectivity index (χ0n) is 8.25. The van der Waals surface area contributed by atoms with Gasteiger partial charge in [-0.2, -0.15) is 0 Å². The van der Waals surface area contributed by atoms with E-state index in [0.29, 0.717) is 0 Å². The van der Waals surface area contributed by atoms with Gasteiger partial charge in [0.05, 0.1) is 6.04 Å². The Morgan fingerprint density at radius 3 is 2.77 bits per heavy atom. The highest BCUT2D eigenvalue weighted by Crippen LogP contribution is 2.31. The quantitative estimate of drug-likeness (QED) is 0.691. The van der Waals surface area contributed by atoms with Gasteiger partial charge >= 0.3 is 0 Å². The fourth-order valence-electron chi connectivity index (χ4n) is 1.88. The third-order valence-electron chi connectivity index (χ3n) is 3.07. The minimum Gasteiger partial charge on any atom is -0.344 e. The number of amides is 1. The summed E-state index contributed by atoms with van der Waals surface area (Å²) in [6.45, 7) is 1.94. The number of likely N-dealkylation sites (tertiary alicyclic amines) is 1. The van der Waals surface area contributed by atoms with Gasteiger partial charge in [-0.3, -0.25) is 4.79 Å². The second-order valence-electron chi connectivity index (χ2n) is 4.29. The van der Waals surface area contributed by atoms with Gasteiger partial charge < -0.3 is 10.2 Å². The number of likely N-dealkylation sites (N-methyl/N-ethyl adjacent to an activating group) is 1. The zero-order chi connectivity index (χ0) is 9.26. The molecule has 0 spiro atoms. The lowest BCUT2D eigenvalue weighted by atomic mass is 10.2. The van der Waals surface area contributed by atoms with Gasteiger partial charge in [-0.05, 0) is 25.3 Å². The number of carbonyl (C=O) groups is 1. The summed E-state index contributed by atoms with van der Waals surface area (Å²) in [7, 11) is 1.88. The molecule has 1 heterocycles. The van der Waals surface area contributed by atoms with E-state index in [2.05, 4.69) is 5.32 Å². The molecule has 1 N–H and O–H groups in total. The monoisotopic (exact) mass is 182 g/mol. The van der Waals surface area contributed by atoms with E-state index < -0.39 is 0 Å². The van der Waals surface area contributed by atoms with Gasteiger partial charge in [0, 0.05) is 13.6 Å². The second-order valence-corrected chi connectivity index (χ2v) is 4.29. The zero-order valence-corrected chi connectivity index (χ0v) is 8.25. The van der Waals surface area contributed by atoms with Crippen molar-refractivity contribution in [2.24, 2.45) is 5.92 Å². The predicted molar refractivity (Wildman–Crippen MR) is 51.4 cm³/mol. The van der Waals surface area contributed by atoms with Crippen LogP contribution in [-0.4, -0.2) is 37.0 Å². The summed E-state index contributed by atoms with van der Waals surface area (Å²) in [5, 5.41) is 3.34. The maximum atomic E-state index is 11.5. The van der Waals surface area contributed by atoms with Crippen LogP contribution >= 0.6 is 0 Å². The van der Waals surface area contributed by atoms with Crippen molar-refractivity contribution >= 4 is 5.91 Å². The summed E-state index contributed by atoms with van der Waals surface area (Å²) in [6, 6.07) is 0.115. The number of nitrogens with one attached hydrogen (secondary N) is 1. The Labute approximate surface area is 79.5 Å². The molecule has 1 saturated carbocycles. The molecule has 3 nitrogen and oxygen atoms in total. The molecular formula is C10H18N2O. The third-order valence-corrected chi connectivity index (χ3v) is 3.07. The predicted octanol–water partition coefficient (Wildman–Crippen LogP) is 0.607. The van der Waals surface area contributed by atoms with Crippen LogP contribution in [-0.2, 0) is 4.79 Å². The maximum Gasteiger partial charge on any atom is 0.239 e. The first-order valence-corrected chi connectivity index (χ1v) is 5.26. The number of rotatable bonds is 4. The van der Waals surface area contributed by atoms with Crippen LogP contribution in [0.25, 0.3) is 0 Å². The Morgan fingerprint density at radius 2 is 2.23 bits per heavy atom. The number of hydrogen-bond acceptors (Lipinski definition) is 2. The van der Waals surface area contributed by atoms with Crippen LogP contribution in [0.1, 0.15) is 25.7 Å². The van der Waals surface area contributed by atoms with Gasteiger partial charge in [0.15, 0.2) is 0 Å². The Hall–Kier alpha value is -0.570. The summed E-state index contributed by atoms with van der Waals surface area (Å²) < 4.78 is 0. The first kappa shape index (κ1) is 9.00. The van der Waals surface area contributed by atoms with Gasteiger partial charge in [-0.25, -0.2) is 0 Å². The molecule has 1 aliphatic heterocycles. The van der Waals surface area contributed by atoms with Crippen LogP contribution in [0, 0.1) is 5.92 Å². The Bertz CT molecular complexity index is 201. The van der Waals surface area contributed by atoms with Gasteiger partial charge in [0.25, 0.3) is 0 Å². The minimum atomic E-state index is 0.115. The molecule has 1 atom stereocenters. The fraction of sp³-hybridized carbons (Fsp3) is 0.900. The molecule has 1 aliphatic carbocycles. The first-order chi connectivity index (χ1) is 6.27. The van der Waals surface area contributed by atoms with E-state index in [1.54, 1.807) is 0 Å². The van der Waals surface area contributed by atoms with E-state index in [9.17, 15) is 4.79 Å². The molecule has 1 amide bonds. The number of carbonyl (C=O) groups excluding carboxylic acids is 1. The topological polar surface area (TPSA) is 32.3 Å². The lowest BCUT2D eigenvalue weighted by molar-refractivity contribution is -0.128. The summed E-state index contributed by atoms with van der Waals surface area (Å²) in [4.78, 5) is 13.3. The van der Waals surface area contributed by atoms with E-state index in [1.807, 2.05) is 11.9 Å². The SMILES string of the molecule is CN1CCC(NCCC2CC2)C1=O. The molecule has 0 aromatic rings. The van der Waals surface area contributed by atoms with Crippen molar-refractivity contribution in [1.82, 2.24) is 10.2 Å². The van der Waals surface area contributed by atoms with Crippen LogP contribution in [0.4, 0.5) is 0 Å². The van der Waals surface area contributed by atoms with Crippen molar-refractivity contribution in [3.8, 4) is 0 Å². The summed E-state index contributed by atoms with van der Waals surface area (Å²) >= 11 is 0. The first-order valence-electron chi connectivity index (χ1n) is 5.26. The molecule has 0 aromatic carbocycles. The smallest absolute Gasteiger partial charge is 0.239 e. The third kappa shape index (κ3) is 2.21. The molecular weight excluding hydrogens is 164 g/mol. The molecule has 1 unspecified atom stereocenters. The maximum absolute atomic E-state index is 11.5. The van der Waals surface area contributed by atoms with Crippen molar-refractivity contribution in [3.05, 3.63) is 0 Å². The Balaban J connectivity index is 1.66. The molecule has 13 heavy (non-hydrogen) atoms. The number of hydrogen-bond donors (Lipinski definition) is 1. The van der Waals surface area contributed by atoms with Crippen molar-refractivity contribution in [3.63, 3.8) is 0 Å². The molecule has 74 valence electrons. The fourth-order valence-corrected chi connectivity index (χ4v) is 1.88. The van der Waals surface area contributed by atoms with Crippen LogP contribution < -0.4 is 5.32 Å². The molecule has 2 rings (SSSR count). The van der Waals surface area contributed by atoms with E-state index in [4.69, 9.17) is 0 Å². The number of nitrogens with zero attached hydrogens (tertiary/aromatic N) is 1. The van der Waals surface area contributed by atoms with Crippen molar-refractivity contribution < 1.29 is 4.79 Å². The normalized spacial score (nSPS) is 28.5. The van der Waals surface area contributed by atoms with Crippen LogP contribution in [0.3, 0.4) is 0 Å². The average molecular weight is 182 g/mol. The summed E-state index contributed by atoms with van der Waals surface area (Å²) in [6.07, 6.45) is 5.05. The molecule has 3 heteroatoms. The van der Waals surface area contributed by atoms with Gasteiger partial charge in [-0.15, -0.1) is 0 Å². The van der Waals surface area contributed by atoms with Crippen molar-refractivity contribution in [2.45, 2.75) is 31.7 Å². The molecule has 0 bridgehead atoms. The highest BCUT2D eigenvalue weighted by molar-refractivity contribution is 5.83. The van der Waals surface area contributed by atoms with Gasteiger partial charge in [-0.1, -0.05) is 12.8 Å². The van der Waals surface area contributed by atoms with E-state index in [0.717, 1.165) is 25.4 Å². The lowest BCUT2D eigenvalue weighted by Crippen LogP contribution is -2.37. The van der Waals surface area contributed by atoms with Crippen molar-refractivity contribution in [2.75, 3.05) is 20.1 Å². The van der Waals surface area contributed by atoms with Crippen LogP contribution in [0.15, 0.2) is 0 Å². The van der Waals surface area contributed by atoms with E-state index in [1.165, 1.54) is 19.3 Å². The molecule has 2 aliphatic rings. The largest absolute Gasteiger partial charge is 0.344 e. The van der Waals surface area contributed by atoms with Gasteiger partial charge in [0.2, 0.25) is 5.91 Å². The standard InChI is InChI=1S/C10H18N2O/c1-12-7-5-9(10(12)13)11-6-4-8-2-3-8/h8-9,11H,2-7H2,1H3. The highest BCUT2D eigenvalue weighted by Gasteiger charge is 2.29. The average Bonchev–Trinajstić information content (AvgIpc) is 2.88. The van der Waals surface area contributed by atoms with Gasteiger partial charge in [0.1, 0.15) is 0 Å². The van der Waals surface area contributed by atoms with Crippen LogP contribution in [0.5, 0.6) is 0 Å². The molecule has 2 fully saturated rings. The summed E-state index contributed by atoms with van der Waals surface area (Å²) in [5.41, 5.74) is 0. The molecule has 0 radical (unpaired) electrons. The summed E-state index contributed by atoms with van der Waals surface area (Å²) in [5.74, 6) is 1.23. The van der Waals surface area contributed by atoms with Crippen LogP contribution in [0.2, 0.25) is 0 Å².